The lowest BCUT2D eigenvalue weighted by atomic mass is 10.1. The number of amides is 1. The summed E-state index contributed by atoms with van der Waals surface area (Å²) in [7, 11) is 1.90. The van der Waals surface area contributed by atoms with E-state index in [1.807, 2.05) is 55.8 Å². The van der Waals surface area contributed by atoms with E-state index in [1.54, 1.807) is 12.1 Å². The number of halogens is 2. The highest BCUT2D eigenvalue weighted by Gasteiger charge is 2.12. The Morgan fingerprint density at radius 3 is 2.40 bits per heavy atom. The SMILES string of the molecule is Cc1ccc(C(=O)N=c2sc(C)c(-c3ccc(Cl)cc3)n2C)cc1Cl. The predicted molar refractivity (Wildman–Crippen MR) is 105 cm³/mol. The summed E-state index contributed by atoms with van der Waals surface area (Å²) in [6, 6.07) is 12.8. The molecule has 0 fully saturated rings. The van der Waals surface area contributed by atoms with Crippen molar-refractivity contribution in [2.45, 2.75) is 13.8 Å². The van der Waals surface area contributed by atoms with Gasteiger partial charge in [-0.25, -0.2) is 0 Å². The van der Waals surface area contributed by atoms with Crippen molar-refractivity contribution in [3.05, 3.63) is 73.3 Å². The first-order valence-electron chi connectivity index (χ1n) is 7.64. The summed E-state index contributed by atoms with van der Waals surface area (Å²) in [4.78, 5) is 18.5. The molecular formula is C19H16Cl2N2OS. The Bertz CT molecular complexity index is 1020. The largest absolute Gasteiger partial charge is 0.319 e. The Labute approximate surface area is 160 Å². The zero-order chi connectivity index (χ0) is 18.1. The molecule has 25 heavy (non-hydrogen) atoms. The Morgan fingerprint density at radius 1 is 1.08 bits per heavy atom. The first-order valence-corrected chi connectivity index (χ1v) is 9.21. The standard InChI is InChI=1S/C19H16Cl2N2OS/c1-11-4-5-14(10-16(11)21)18(24)22-19-23(3)17(12(2)25-19)13-6-8-15(20)9-7-13/h4-10H,1-3H3. The third-order valence-electron chi connectivity index (χ3n) is 3.93. The first-order chi connectivity index (χ1) is 11.9. The van der Waals surface area contributed by atoms with Gasteiger partial charge in [0.15, 0.2) is 4.80 Å². The smallest absolute Gasteiger partial charge is 0.279 e. The Hall–Kier alpha value is -1.88. The van der Waals surface area contributed by atoms with Crippen molar-refractivity contribution >= 4 is 40.4 Å². The molecule has 3 rings (SSSR count). The second-order valence-electron chi connectivity index (χ2n) is 5.74. The minimum absolute atomic E-state index is 0.304. The second kappa shape index (κ2) is 7.16. The molecule has 6 heteroatoms. The van der Waals surface area contributed by atoms with Gasteiger partial charge in [-0.1, -0.05) is 41.4 Å². The summed E-state index contributed by atoms with van der Waals surface area (Å²) in [5.41, 5.74) is 3.47. The van der Waals surface area contributed by atoms with Crippen LogP contribution in [0.15, 0.2) is 47.5 Å². The van der Waals surface area contributed by atoms with Crippen molar-refractivity contribution in [2.75, 3.05) is 0 Å². The molecule has 1 aromatic heterocycles. The van der Waals surface area contributed by atoms with Crippen LogP contribution in [0.25, 0.3) is 11.3 Å². The molecule has 0 saturated carbocycles. The molecule has 0 aliphatic carbocycles. The average molecular weight is 391 g/mol. The molecule has 0 N–H and O–H groups in total. The minimum Gasteiger partial charge on any atom is -0.319 e. The number of nitrogens with zero attached hydrogens (tertiary/aromatic N) is 2. The van der Waals surface area contributed by atoms with Gasteiger partial charge in [-0.3, -0.25) is 4.79 Å². The van der Waals surface area contributed by atoms with E-state index in [-0.39, 0.29) is 5.91 Å². The van der Waals surface area contributed by atoms with E-state index in [4.69, 9.17) is 23.2 Å². The molecule has 2 aromatic carbocycles. The fraction of sp³-hybridized carbons (Fsp3) is 0.158. The molecule has 1 heterocycles. The van der Waals surface area contributed by atoms with Crippen molar-refractivity contribution in [1.82, 2.24) is 4.57 Å². The molecule has 0 bridgehead atoms. The van der Waals surface area contributed by atoms with Crippen molar-refractivity contribution in [3.8, 4) is 11.3 Å². The monoisotopic (exact) mass is 390 g/mol. The molecule has 0 unspecified atom stereocenters. The van der Waals surface area contributed by atoms with Crippen LogP contribution in [-0.2, 0) is 7.05 Å². The topological polar surface area (TPSA) is 34.4 Å². The van der Waals surface area contributed by atoms with Gasteiger partial charge in [0, 0.05) is 27.5 Å². The number of thiazole rings is 1. The molecule has 0 aliphatic heterocycles. The van der Waals surface area contributed by atoms with Crippen LogP contribution in [0, 0.1) is 13.8 Å². The van der Waals surface area contributed by atoms with Gasteiger partial charge < -0.3 is 4.57 Å². The van der Waals surface area contributed by atoms with Crippen LogP contribution >= 0.6 is 34.5 Å². The third-order valence-corrected chi connectivity index (χ3v) is 5.64. The lowest BCUT2D eigenvalue weighted by molar-refractivity contribution is 0.0998. The molecular weight excluding hydrogens is 375 g/mol. The number of benzene rings is 2. The summed E-state index contributed by atoms with van der Waals surface area (Å²) in [6.07, 6.45) is 0. The number of carbonyl (C=O) groups is 1. The van der Waals surface area contributed by atoms with Crippen molar-refractivity contribution in [3.63, 3.8) is 0 Å². The predicted octanol–water partition coefficient (Wildman–Crippen LogP) is 5.42. The van der Waals surface area contributed by atoms with Gasteiger partial charge in [-0.15, -0.1) is 11.3 Å². The zero-order valence-corrected chi connectivity index (χ0v) is 16.3. The van der Waals surface area contributed by atoms with Crippen LogP contribution in [0.4, 0.5) is 0 Å². The maximum Gasteiger partial charge on any atom is 0.279 e. The maximum atomic E-state index is 12.5. The van der Waals surface area contributed by atoms with Crippen LogP contribution in [-0.4, -0.2) is 10.5 Å². The van der Waals surface area contributed by atoms with Gasteiger partial charge in [0.1, 0.15) is 0 Å². The molecule has 0 radical (unpaired) electrons. The van der Waals surface area contributed by atoms with Crippen molar-refractivity contribution in [2.24, 2.45) is 12.0 Å². The molecule has 0 saturated heterocycles. The summed E-state index contributed by atoms with van der Waals surface area (Å²) in [6.45, 7) is 3.91. The maximum absolute atomic E-state index is 12.5. The van der Waals surface area contributed by atoms with Gasteiger partial charge in [-0.2, -0.15) is 4.99 Å². The van der Waals surface area contributed by atoms with Crippen LogP contribution < -0.4 is 4.80 Å². The van der Waals surface area contributed by atoms with E-state index in [2.05, 4.69) is 4.99 Å². The third kappa shape index (κ3) is 3.71. The number of hydrogen-bond acceptors (Lipinski definition) is 2. The minimum atomic E-state index is -0.304. The molecule has 0 aliphatic rings. The number of hydrogen-bond donors (Lipinski definition) is 0. The van der Waals surface area contributed by atoms with Crippen LogP contribution in [0.5, 0.6) is 0 Å². The van der Waals surface area contributed by atoms with Gasteiger partial charge >= 0.3 is 0 Å². The van der Waals surface area contributed by atoms with Gasteiger partial charge in [0.25, 0.3) is 5.91 Å². The lowest BCUT2D eigenvalue weighted by Crippen LogP contribution is -2.14. The Morgan fingerprint density at radius 2 is 1.76 bits per heavy atom. The highest BCUT2D eigenvalue weighted by molar-refractivity contribution is 7.09. The average Bonchev–Trinajstić information content (AvgIpc) is 2.85. The quantitative estimate of drug-likeness (QED) is 0.575. The molecule has 0 spiro atoms. The van der Waals surface area contributed by atoms with E-state index >= 15 is 0 Å². The van der Waals surface area contributed by atoms with E-state index in [1.165, 1.54) is 11.3 Å². The normalized spacial score (nSPS) is 11.8. The number of aromatic nitrogens is 1. The molecule has 128 valence electrons. The summed E-state index contributed by atoms with van der Waals surface area (Å²) in [5, 5.41) is 1.25. The highest BCUT2D eigenvalue weighted by atomic mass is 35.5. The van der Waals surface area contributed by atoms with E-state index in [9.17, 15) is 4.79 Å². The van der Waals surface area contributed by atoms with Gasteiger partial charge in [0.2, 0.25) is 0 Å². The molecule has 3 nitrogen and oxygen atoms in total. The summed E-state index contributed by atoms with van der Waals surface area (Å²) >= 11 is 13.6. The number of aryl methyl sites for hydroxylation is 2. The molecule has 0 atom stereocenters. The fourth-order valence-electron chi connectivity index (χ4n) is 2.57. The van der Waals surface area contributed by atoms with Gasteiger partial charge in [-0.05, 0) is 49.2 Å². The first kappa shape index (κ1) is 17.9. The lowest BCUT2D eigenvalue weighted by Gasteiger charge is -2.05. The van der Waals surface area contributed by atoms with Crippen LogP contribution in [0.3, 0.4) is 0 Å². The Kier molecular flexibility index (Phi) is 5.13. The van der Waals surface area contributed by atoms with Crippen LogP contribution in [0.2, 0.25) is 10.0 Å². The number of rotatable bonds is 2. The summed E-state index contributed by atoms with van der Waals surface area (Å²) < 4.78 is 1.93. The molecule has 1 amide bonds. The van der Waals surface area contributed by atoms with E-state index in [0.29, 0.717) is 20.4 Å². The van der Waals surface area contributed by atoms with Crippen molar-refractivity contribution in [1.29, 1.82) is 0 Å². The fourth-order valence-corrected chi connectivity index (χ4v) is 3.85. The highest BCUT2D eigenvalue weighted by Crippen LogP contribution is 2.26. The Balaban J connectivity index is 2.04. The molecule has 3 aromatic rings. The zero-order valence-electron chi connectivity index (χ0n) is 14.0. The van der Waals surface area contributed by atoms with E-state index < -0.39 is 0 Å². The number of carbonyl (C=O) groups excluding carboxylic acids is 1. The van der Waals surface area contributed by atoms with Crippen LogP contribution in [0.1, 0.15) is 20.8 Å². The van der Waals surface area contributed by atoms with E-state index in [0.717, 1.165) is 21.7 Å². The van der Waals surface area contributed by atoms with Gasteiger partial charge in [0.05, 0.1) is 5.69 Å². The summed E-state index contributed by atoms with van der Waals surface area (Å²) in [5.74, 6) is -0.304. The van der Waals surface area contributed by atoms with Crippen molar-refractivity contribution < 1.29 is 4.79 Å². The second-order valence-corrected chi connectivity index (χ2v) is 7.76.